The van der Waals surface area contributed by atoms with Gasteiger partial charge in [0.25, 0.3) is 0 Å². The number of fused-ring (bicyclic) bond motifs is 2. The summed E-state index contributed by atoms with van der Waals surface area (Å²) in [5, 5.41) is 0. The van der Waals surface area contributed by atoms with Crippen molar-refractivity contribution >= 4 is 0 Å². The Labute approximate surface area is 76.7 Å². The van der Waals surface area contributed by atoms with E-state index in [4.69, 9.17) is 0 Å². The molecule has 0 heterocycles. The highest BCUT2D eigenvalue weighted by molar-refractivity contribution is 5.22. The molecule has 69 valence electrons. The third kappa shape index (κ3) is 0.744. The largest absolute Gasteiger partial charge is 0.0648 e. The third-order valence-corrected chi connectivity index (χ3v) is 5.21. The summed E-state index contributed by atoms with van der Waals surface area (Å²) < 4.78 is 0. The highest BCUT2D eigenvalue weighted by atomic mass is 14.6. The molecule has 0 spiro atoms. The quantitative estimate of drug-likeness (QED) is 0.554. The van der Waals surface area contributed by atoms with Crippen LogP contribution in [0.15, 0.2) is 0 Å². The van der Waals surface area contributed by atoms with E-state index in [2.05, 4.69) is 27.7 Å². The molecule has 12 heavy (non-hydrogen) atoms. The second-order valence-electron chi connectivity index (χ2n) is 5.38. The molecule has 0 nitrogen and oxygen atoms in total. The van der Waals surface area contributed by atoms with E-state index in [0.29, 0.717) is 10.8 Å². The first-order chi connectivity index (χ1) is 5.53. The van der Waals surface area contributed by atoms with Gasteiger partial charge in [-0.15, -0.1) is 0 Å². The Hall–Kier alpha value is 0. The summed E-state index contributed by atoms with van der Waals surface area (Å²) in [4.78, 5) is 0. The first-order valence-electron chi connectivity index (χ1n) is 5.37. The molecule has 2 aliphatic carbocycles. The Kier molecular flexibility index (Phi) is 1.63. The Morgan fingerprint density at radius 2 is 2.08 bits per heavy atom. The van der Waals surface area contributed by atoms with E-state index in [-0.39, 0.29) is 0 Å². The molecule has 0 N–H and O–H groups in total. The summed E-state index contributed by atoms with van der Waals surface area (Å²) in [6.07, 6.45) is 5.83. The average Bonchev–Trinajstić information content (AvgIpc) is 2.53. The monoisotopic (exact) mass is 165 g/mol. The lowest BCUT2D eigenvalue weighted by molar-refractivity contribution is 0.106. The van der Waals surface area contributed by atoms with Crippen molar-refractivity contribution in [2.75, 3.05) is 0 Å². The van der Waals surface area contributed by atoms with Crippen LogP contribution in [-0.4, -0.2) is 0 Å². The normalized spacial score (nSPS) is 45.5. The van der Waals surface area contributed by atoms with Gasteiger partial charge in [-0.05, 0) is 48.3 Å². The number of rotatable bonds is 1. The van der Waals surface area contributed by atoms with Gasteiger partial charge in [0.1, 0.15) is 0 Å². The smallest absolute Gasteiger partial charge is 0.0179 e. The molecular formula is C12H21. The van der Waals surface area contributed by atoms with Gasteiger partial charge in [-0.1, -0.05) is 27.7 Å². The van der Waals surface area contributed by atoms with E-state index in [1.165, 1.54) is 25.7 Å². The number of hydrogen-bond acceptors (Lipinski definition) is 0. The number of hydrogen-bond donors (Lipinski definition) is 0. The van der Waals surface area contributed by atoms with E-state index in [0.717, 1.165) is 5.92 Å². The van der Waals surface area contributed by atoms with Crippen molar-refractivity contribution in [3.05, 3.63) is 5.92 Å². The zero-order valence-electron chi connectivity index (χ0n) is 8.91. The van der Waals surface area contributed by atoms with Crippen LogP contribution in [0.4, 0.5) is 0 Å². The van der Waals surface area contributed by atoms with Gasteiger partial charge in [-0.25, -0.2) is 0 Å². The van der Waals surface area contributed by atoms with Crippen LogP contribution in [0.3, 0.4) is 0 Å². The molecule has 0 aromatic carbocycles. The molecule has 2 unspecified atom stereocenters. The van der Waals surface area contributed by atoms with Gasteiger partial charge in [0.05, 0.1) is 0 Å². The van der Waals surface area contributed by atoms with Gasteiger partial charge >= 0.3 is 0 Å². The van der Waals surface area contributed by atoms with Crippen LogP contribution < -0.4 is 0 Å². The van der Waals surface area contributed by atoms with Crippen LogP contribution in [-0.2, 0) is 0 Å². The van der Waals surface area contributed by atoms with Crippen molar-refractivity contribution in [1.29, 1.82) is 0 Å². The topological polar surface area (TPSA) is 0 Å². The molecule has 2 atom stereocenters. The van der Waals surface area contributed by atoms with E-state index >= 15 is 0 Å². The maximum Gasteiger partial charge on any atom is -0.0179 e. The standard InChI is InChI=1S/C12H21/c1-5-12-7-6-10(8-12)9(2)11(12,3)4/h10H,5-8H2,1-4H3. The van der Waals surface area contributed by atoms with Crippen LogP contribution in [0.5, 0.6) is 0 Å². The molecule has 2 rings (SSSR count). The Morgan fingerprint density at radius 1 is 1.42 bits per heavy atom. The van der Waals surface area contributed by atoms with Crippen LogP contribution >= 0.6 is 0 Å². The molecule has 2 fully saturated rings. The lowest BCUT2D eigenvalue weighted by atomic mass is 9.60. The van der Waals surface area contributed by atoms with Crippen molar-refractivity contribution in [3.63, 3.8) is 0 Å². The molecule has 2 bridgehead atoms. The van der Waals surface area contributed by atoms with Crippen molar-refractivity contribution in [1.82, 2.24) is 0 Å². The fourth-order valence-electron chi connectivity index (χ4n) is 3.76. The minimum Gasteiger partial charge on any atom is -0.0648 e. The Bertz CT molecular complexity index is 192. The van der Waals surface area contributed by atoms with Gasteiger partial charge in [0.15, 0.2) is 0 Å². The van der Waals surface area contributed by atoms with Gasteiger partial charge in [0, 0.05) is 0 Å². The highest BCUT2D eigenvalue weighted by Crippen LogP contribution is 2.69. The predicted octanol–water partition coefficient (Wildman–Crippen LogP) is 3.82. The molecular weight excluding hydrogens is 144 g/mol. The van der Waals surface area contributed by atoms with Gasteiger partial charge in [-0.3, -0.25) is 0 Å². The van der Waals surface area contributed by atoms with E-state index in [1.54, 1.807) is 5.92 Å². The third-order valence-electron chi connectivity index (χ3n) is 5.21. The van der Waals surface area contributed by atoms with E-state index < -0.39 is 0 Å². The average molecular weight is 165 g/mol. The molecule has 0 aromatic rings. The SMILES string of the molecule is CCC12CCC(C1)[C](C)C2(C)C. The molecule has 0 aromatic heterocycles. The molecule has 0 heteroatoms. The van der Waals surface area contributed by atoms with Crippen LogP contribution in [0.25, 0.3) is 0 Å². The maximum atomic E-state index is 2.46. The van der Waals surface area contributed by atoms with Crippen molar-refractivity contribution in [3.8, 4) is 0 Å². The molecule has 2 saturated carbocycles. The minimum absolute atomic E-state index is 0.532. The maximum absolute atomic E-state index is 2.46. The molecule has 2 aliphatic rings. The lowest BCUT2D eigenvalue weighted by Gasteiger charge is -2.45. The summed E-state index contributed by atoms with van der Waals surface area (Å²) in [6, 6.07) is 0. The first kappa shape index (κ1) is 8.59. The zero-order valence-corrected chi connectivity index (χ0v) is 8.91. The predicted molar refractivity (Wildman–Crippen MR) is 52.8 cm³/mol. The lowest BCUT2D eigenvalue weighted by Crippen LogP contribution is -2.36. The van der Waals surface area contributed by atoms with Crippen molar-refractivity contribution in [2.24, 2.45) is 16.7 Å². The van der Waals surface area contributed by atoms with Gasteiger partial charge < -0.3 is 0 Å². The first-order valence-corrected chi connectivity index (χ1v) is 5.37. The summed E-state index contributed by atoms with van der Waals surface area (Å²) >= 11 is 0. The summed E-state index contributed by atoms with van der Waals surface area (Å²) in [7, 11) is 0. The molecule has 1 radical (unpaired) electrons. The van der Waals surface area contributed by atoms with Crippen molar-refractivity contribution in [2.45, 2.75) is 53.4 Å². The fraction of sp³-hybridized carbons (Fsp3) is 0.917. The molecule has 0 amide bonds. The van der Waals surface area contributed by atoms with Crippen LogP contribution in [0.1, 0.15) is 53.4 Å². The Morgan fingerprint density at radius 3 is 2.42 bits per heavy atom. The van der Waals surface area contributed by atoms with Crippen molar-refractivity contribution < 1.29 is 0 Å². The minimum atomic E-state index is 0.532. The molecule has 0 saturated heterocycles. The fourth-order valence-corrected chi connectivity index (χ4v) is 3.76. The summed E-state index contributed by atoms with van der Waals surface area (Å²) in [5.74, 6) is 2.76. The second kappa shape index (κ2) is 2.27. The van der Waals surface area contributed by atoms with Crippen LogP contribution in [0, 0.1) is 22.7 Å². The summed E-state index contributed by atoms with van der Waals surface area (Å²) in [6.45, 7) is 9.69. The Balaban J connectivity index is 2.35. The second-order valence-corrected chi connectivity index (χ2v) is 5.38. The van der Waals surface area contributed by atoms with E-state index in [1.807, 2.05) is 0 Å². The van der Waals surface area contributed by atoms with Crippen LogP contribution in [0.2, 0.25) is 0 Å². The molecule has 0 aliphatic heterocycles. The van der Waals surface area contributed by atoms with Gasteiger partial charge in [-0.2, -0.15) is 0 Å². The van der Waals surface area contributed by atoms with Gasteiger partial charge in [0.2, 0.25) is 0 Å². The highest BCUT2D eigenvalue weighted by Gasteiger charge is 2.59. The summed E-state index contributed by atoms with van der Waals surface area (Å²) in [5.41, 5.74) is 1.21. The van der Waals surface area contributed by atoms with E-state index in [9.17, 15) is 0 Å². The zero-order chi connectivity index (χ0) is 8.98.